The highest BCUT2D eigenvalue weighted by Crippen LogP contribution is 2.25. The lowest BCUT2D eigenvalue weighted by Crippen LogP contribution is -2.20. The van der Waals surface area contributed by atoms with E-state index in [9.17, 15) is 22.7 Å². The van der Waals surface area contributed by atoms with Crippen molar-refractivity contribution in [2.45, 2.75) is 5.75 Å². The van der Waals surface area contributed by atoms with Gasteiger partial charge in [0.1, 0.15) is 5.82 Å². The van der Waals surface area contributed by atoms with E-state index in [1.807, 2.05) is 0 Å². The zero-order chi connectivity index (χ0) is 19.6. The molecule has 0 saturated heterocycles. The number of rotatable bonds is 6. The molecule has 0 unspecified atom stereocenters. The largest absolute Gasteiger partial charge is 0.476 e. The first kappa shape index (κ1) is 18.7. The highest BCUT2D eigenvalue weighted by Gasteiger charge is 2.16. The molecule has 0 amide bonds. The lowest BCUT2D eigenvalue weighted by atomic mass is 10.1. The summed E-state index contributed by atoms with van der Waals surface area (Å²) < 4.78 is 40.2. The maximum atomic E-state index is 13.2. The quantitative estimate of drug-likeness (QED) is 0.674. The lowest BCUT2D eigenvalue weighted by molar-refractivity contribution is 0.0690. The fourth-order valence-electron chi connectivity index (χ4n) is 2.53. The van der Waals surface area contributed by atoms with Crippen LogP contribution in [0.3, 0.4) is 0 Å². The minimum atomic E-state index is -3.40. The highest BCUT2D eigenvalue weighted by molar-refractivity contribution is 7.88. The molecule has 0 fully saturated rings. The zero-order valence-corrected chi connectivity index (χ0v) is 15.1. The third-order valence-electron chi connectivity index (χ3n) is 3.92. The summed E-state index contributed by atoms with van der Waals surface area (Å²) in [5.41, 5.74) is 2.03. The average Bonchev–Trinajstić information content (AvgIpc) is 3.08. The van der Waals surface area contributed by atoms with Gasteiger partial charge in [0, 0.05) is 5.56 Å². The summed E-state index contributed by atoms with van der Waals surface area (Å²) in [4.78, 5) is 11.3. The fourth-order valence-corrected chi connectivity index (χ4v) is 3.31. The molecule has 1 heterocycles. The van der Waals surface area contributed by atoms with E-state index in [-0.39, 0.29) is 11.4 Å². The van der Waals surface area contributed by atoms with E-state index >= 15 is 0 Å². The SMILES string of the molecule is CNS(=O)(=O)Cc1ccc(-n2nc(C(=O)O)cc2-c2ccc(F)cc2)cc1. The van der Waals surface area contributed by atoms with Gasteiger partial charge < -0.3 is 5.11 Å². The number of aromatic carboxylic acids is 1. The summed E-state index contributed by atoms with van der Waals surface area (Å²) in [7, 11) is -2.05. The van der Waals surface area contributed by atoms with Crippen LogP contribution >= 0.6 is 0 Å². The molecule has 7 nitrogen and oxygen atoms in total. The summed E-state index contributed by atoms with van der Waals surface area (Å²) in [5, 5.41) is 13.3. The lowest BCUT2D eigenvalue weighted by Gasteiger charge is -2.09. The van der Waals surface area contributed by atoms with Crippen LogP contribution in [0.1, 0.15) is 16.1 Å². The third kappa shape index (κ3) is 4.21. The number of sulfonamides is 1. The minimum absolute atomic E-state index is 0.156. The molecule has 0 spiro atoms. The number of benzene rings is 2. The van der Waals surface area contributed by atoms with Gasteiger partial charge in [0.05, 0.1) is 17.1 Å². The monoisotopic (exact) mass is 389 g/mol. The predicted octanol–water partition coefficient (Wildman–Crippen LogP) is 2.43. The number of nitrogens with one attached hydrogen (secondary N) is 1. The van der Waals surface area contributed by atoms with Crippen LogP contribution in [0, 0.1) is 5.82 Å². The second-order valence-electron chi connectivity index (χ2n) is 5.77. The molecule has 0 radical (unpaired) electrons. The van der Waals surface area contributed by atoms with Crippen molar-refractivity contribution in [2.75, 3.05) is 7.05 Å². The minimum Gasteiger partial charge on any atom is -0.476 e. The zero-order valence-electron chi connectivity index (χ0n) is 14.3. The van der Waals surface area contributed by atoms with Crippen molar-refractivity contribution in [3.8, 4) is 16.9 Å². The maximum Gasteiger partial charge on any atom is 0.356 e. The molecule has 0 atom stereocenters. The first-order valence-electron chi connectivity index (χ1n) is 7.89. The van der Waals surface area contributed by atoms with Gasteiger partial charge in [-0.2, -0.15) is 5.10 Å². The van der Waals surface area contributed by atoms with Gasteiger partial charge in [-0.15, -0.1) is 0 Å². The molecule has 2 aromatic carbocycles. The van der Waals surface area contributed by atoms with E-state index in [1.165, 1.54) is 42.1 Å². The van der Waals surface area contributed by atoms with Crippen molar-refractivity contribution in [3.05, 3.63) is 71.7 Å². The van der Waals surface area contributed by atoms with Gasteiger partial charge in [-0.25, -0.2) is 27.0 Å². The predicted molar refractivity (Wildman–Crippen MR) is 97.6 cm³/mol. The van der Waals surface area contributed by atoms with Crippen molar-refractivity contribution in [3.63, 3.8) is 0 Å². The van der Waals surface area contributed by atoms with Crippen molar-refractivity contribution >= 4 is 16.0 Å². The Balaban J connectivity index is 2.03. The molecule has 0 aliphatic heterocycles. The first-order valence-corrected chi connectivity index (χ1v) is 9.54. The van der Waals surface area contributed by atoms with Gasteiger partial charge in [-0.05, 0) is 55.1 Å². The molecule has 0 bridgehead atoms. The Hall–Kier alpha value is -3.04. The van der Waals surface area contributed by atoms with Gasteiger partial charge in [0.25, 0.3) is 0 Å². The van der Waals surface area contributed by atoms with E-state index in [1.54, 1.807) is 24.3 Å². The molecule has 0 aliphatic carbocycles. The Labute approximate surface area is 155 Å². The van der Waals surface area contributed by atoms with E-state index in [4.69, 9.17) is 0 Å². The summed E-state index contributed by atoms with van der Waals surface area (Å²) in [6, 6.07) is 13.6. The summed E-state index contributed by atoms with van der Waals surface area (Å²) in [5.74, 6) is -1.76. The van der Waals surface area contributed by atoms with Crippen LogP contribution < -0.4 is 4.72 Å². The fraction of sp³-hybridized carbons (Fsp3) is 0.111. The molecule has 0 aliphatic rings. The standard InChI is InChI=1S/C18H16FN3O4S/c1-20-27(25,26)11-12-2-8-15(9-3-12)22-17(10-16(21-22)18(23)24)13-4-6-14(19)7-5-13/h2-10,20H,11H2,1H3,(H,23,24). The molecule has 27 heavy (non-hydrogen) atoms. The van der Waals surface area contributed by atoms with Crippen LogP contribution in [0.2, 0.25) is 0 Å². The van der Waals surface area contributed by atoms with Crippen molar-refractivity contribution in [1.82, 2.24) is 14.5 Å². The molecule has 2 N–H and O–H groups in total. The van der Waals surface area contributed by atoms with Gasteiger partial charge in [-0.1, -0.05) is 12.1 Å². The van der Waals surface area contributed by atoms with Crippen LogP contribution in [0.25, 0.3) is 16.9 Å². The van der Waals surface area contributed by atoms with Crippen molar-refractivity contribution in [2.24, 2.45) is 0 Å². The van der Waals surface area contributed by atoms with Crippen LogP contribution in [0.5, 0.6) is 0 Å². The van der Waals surface area contributed by atoms with E-state index in [2.05, 4.69) is 9.82 Å². The molecular weight excluding hydrogens is 373 g/mol. The maximum absolute atomic E-state index is 13.2. The highest BCUT2D eigenvalue weighted by atomic mass is 32.2. The molecule has 3 aromatic rings. The summed E-state index contributed by atoms with van der Waals surface area (Å²) in [6.45, 7) is 0. The molecule has 3 rings (SSSR count). The van der Waals surface area contributed by atoms with E-state index in [0.29, 0.717) is 22.5 Å². The van der Waals surface area contributed by atoms with Gasteiger partial charge >= 0.3 is 5.97 Å². The third-order valence-corrected chi connectivity index (χ3v) is 5.25. The number of carboxylic acids is 1. The summed E-state index contributed by atoms with van der Waals surface area (Å²) >= 11 is 0. The van der Waals surface area contributed by atoms with E-state index in [0.717, 1.165) is 0 Å². The Bertz CT molecular complexity index is 1070. The second-order valence-corrected chi connectivity index (χ2v) is 7.69. The topological polar surface area (TPSA) is 101 Å². The second kappa shape index (κ2) is 7.29. The molecule has 9 heteroatoms. The van der Waals surface area contributed by atoms with Crippen LogP contribution in [-0.4, -0.2) is 36.3 Å². The van der Waals surface area contributed by atoms with Crippen LogP contribution in [0.15, 0.2) is 54.6 Å². The van der Waals surface area contributed by atoms with Crippen LogP contribution in [-0.2, 0) is 15.8 Å². The number of carboxylic acid groups (broad SMARTS) is 1. The van der Waals surface area contributed by atoms with Gasteiger partial charge in [0.2, 0.25) is 10.0 Å². The number of nitrogens with zero attached hydrogens (tertiary/aromatic N) is 2. The van der Waals surface area contributed by atoms with Gasteiger partial charge in [0.15, 0.2) is 5.69 Å². The average molecular weight is 389 g/mol. The Morgan fingerprint density at radius 2 is 1.78 bits per heavy atom. The summed E-state index contributed by atoms with van der Waals surface area (Å²) in [6.07, 6.45) is 0. The number of aromatic nitrogens is 2. The molecule has 1 aromatic heterocycles. The number of carbonyl (C=O) groups is 1. The Kier molecular flexibility index (Phi) is 5.06. The van der Waals surface area contributed by atoms with Crippen molar-refractivity contribution in [1.29, 1.82) is 0 Å². The smallest absolute Gasteiger partial charge is 0.356 e. The van der Waals surface area contributed by atoms with Gasteiger partial charge in [-0.3, -0.25) is 0 Å². The number of hydrogen-bond donors (Lipinski definition) is 2. The molecule has 140 valence electrons. The molecular formula is C18H16FN3O4S. The number of halogens is 1. The normalized spacial score (nSPS) is 11.5. The van der Waals surface area contributed by atoms with E-state index < -0.39 is 21.8 Å². The molecule has 0 saturated carbocycles. The Morgan fingerprint density at radius 1 is 1.15 bits per heavy atom. The Morgan fingerprint density at radius 3 is 2.33 bits per heavy atom. The first-order chi connectivity index (χ1) is 12.8. The van der Waals surface area contributed by atoms with Crippen molar-refractivity contribution < 1.29 is 22.7 Å². The van der Waals surface area contributed by atoms with Crippen LogP contribution in [0.4, 0.5) is 4.39 Å². The number of hydrogen-bond acceptors (Lipinski definition) is 4.